The highest BCUT2D eigenvalue weighted by Crippen LogP contribution is 2.21. The molecule has 1 heterocycles. The molecule has 0 aromatic heterocycles. The van der Waals surface area contributed by atoms with Crippen molar-refractivity contribution in [2.24, 2.45) is 11.1 Å². The van der Waals surface area contributed by atoms with Gasteiger partial charge in [0.1, 0.15) is 0 Å². The van der Waals surface area contributed by atoms with Crippen LogP contribution in [0.25, 0.3) is 0 Å². The molecular weight excluding hydrogens is 254 g/mol. The van der Waals surface area contributed by atoms with E-state index in [0.29, 0.717) is 39.4 Å². The number of hydrogen-bond donors (Lipinski definition) is 2. The summed E-state index contributed by atoms with van der Waals surface area (Å²) in [5, 5.41) is 0. The zero-order valence-corrected chi connectivity index (χ0v) is 12.1. The minimum Gasteiger partial charge on any atom is -0.379 e. The SMILES string of the molecule is CC(C)(CCCN)CNS(=O)(=O)N1CCOCC1. The zero-order chi connectivity index (χ0) is 13.6. The molecule has 0 aromatic carbocycles. The van der Waals surface area contributed by atoms with E-state index in [0.717, 1.165) is 12.8 Å². The Morgan fingerprint density at radius 2 is 1.94 bits per heavy atom. The first-order chi connectivity index (χ1) is 8.37. The average molecular weight is 279 g/mol. The van der Waals surface area contributed by atoms with E-state index in [1.807, 2.05) is 13.8 Å². The van der Waals surface area contributed by atoms with Crippen LogP contribution in [-0.2, 0) is 14.9 Å². The van der Waals surface area contributed by atoms with Crippen LogP contribution < -0.4 is 10.5 Å². The first kappa shape index (κ1) is 15.8. The lowest BCUT2D eigenvalue weighted by Crippen LogP contribution is -2.48. The van der Waals surface area contributed by atoms with Crippen LogP contribution in [0.5, 0.6) is 0 Å². The fraction of sp³-hybridized carbons (Fsp3) is 1.00. The van der Waals surface area contributed by atoms with E-state index >= 15 is 0 Å². The molecule has 18 heavy (non-hydrogen) atoms. The summed E-state index contributed by atoms with van der Waals surface area (Å²) < 4.78 is 33.3. The van der Waals surface area contributed by atoms with E-state index in [1.165, 1.54) is 4.31 Å². The Morgan fingerprint density at radius 3 is 2.50 bits per heavy atom. The lowest BCUT2D eigenvalue weighted by Gasteiger charge is -2.29. The molecule has 0 spiro atoms. The highest BCUT2D eigenvalue weighted by Gasteiger charge is 2.26. The second kappa shape index (κ2) is 6.81. The number of morpholine rings is 1. The second-order valence-corrected chi connectivity index (χ2v) is 7.15. The Morgan fingerprint density at radius 1 is 1.33 bits per heavy atom. The van der Waals surface area contributed by atoms with Crippen LogP contribution in [0, 0.1) is 5.41 Å². The summed E-state index contributed by atoms with van der Waals surface area (Å²) in [6.07, 6.45) is 1.82. The normalized spacial score (nSPS) is 19.1. The molecule has 0 radical (unpaired) electrons. The summed E-state index contributed by atoms with van der Waals surface area (Å²) in [6, 6.07) is 0. The van der Waals surface area contributed by atoms with E-state index in [4.69, 9.17) is 10.5 Å². The summed E-state index contributed by atoms with van der Waals surface area (Å²) in [5.41, 5.74) is 5.40. The molecule has 0 atom stereocenters. The summed E-state index contributed by atoms with van der Waals surface area (Å²) in [4.78, 5) is 0. The minimum absolute atomic E-state index is 0.0707. The van der Waals surface area contributed by atoms with Crippen molar-refractivity contribution in [2.45, 2.75) is 26.7 Å². The molecule has 7 heteroatoms. The van der Waals surface area contributed by atoms with Gasteiger partial charge < -0.3 is 10.5 Å². The monoisotopic (exact) mass is 279 g/mol. The molecule has 0 aromatic rings. The van der Waals surface area contributed by atoms with Gasteiger partial charge in [-0.3, -0.25) is 0 Å². The quantitative estimate of drug-likeness (QED) is 0.682. The molecule has 0 aliphatic carbocycles. The van der Waals surface area contributed by atoms with Crippen molar-refractivity contribution in [1.82, 2.24) is 9.03 Å². The van der Waals surface area contributed by atoms with Gasteiger partial charge in [-0.15, -0.1) is 0 Å². The molecule has 1 saturated heterocycles. The van der Waals surface area contributed by atoms with E-state index in [-0.39, 0.29) is 5.41 Å². The van der Waals surface area contributed by atoms with Crippen LogP contribution in [0.15, 0.2) is 0 Å². The maximum atomic E-state index is 12.0. The maximum absolute atomic E-state index is 12.0. The Bertz CT molecular complexity index is 337. The standard InChI is InChI=1S/C11H25N3O3S/c1-11(2,4-3-5-12)10-13-18(15,16)14-6-8-17-9-7-14/h13H,3-10,12H2,1-2H3. The van der Waals surface area contributed by atoms with Gasteiger partial charge in [0.05, 0.1) is 13.2 Å². The molecule has 1 rings (SSSR count). The van der Waals surface area contributed by atoms with Gasteiger partial charge in [0.25, 0.3) is 10.2 Å². The van der Waals surface area contributed by atoms with Crippen molar-refractivity contribution >= 4 is 10.2 Å². The Labute approximate surface area is 110 Å². The van der Waals surface area contributed by atoms with Crippen molar-refractivity contribution in [3.8, 4) is 0 Å². The summed E-state index contributed by atoms with van der Waals surface area (Å²) >= 11 is 0. The van der Waals surface area contributed by atoms with E-state index in [9.17, 15) is 8.42 Å². The number of nitrogens with two attached hydrogens (primary N) is 1. The lowest BCUT2D eigenvalue weighted by atomic mass is 9.88. The molecule has 108 valence electrons. The Hall–Kier alpha value is -0.210. The summed E-state index contributed by atoms with van der Waals surface area (Å²) in [5.74, 6) is 0. The number of hydrogen-bond acceptors (Lipinski definition) is 4. The van der Waals surface area contributed by atoms with E-state index < -0.39 is 10.2 Å². The number of nitrogens with zero attached hydrogens (tertiary/aromatic N) is 1. The second-order valence-electron chi connectivity index (χ2n) is 5.39. The van der Waals surface area contributed by atoms with Gasteiger partial charge in [0.15, 0.2) is 0 Å². The van der Waals surface area contributed by atoms with E-state index in [1.54, 1.807) is 0 Å². The van der Waals surface area contributed by atoms with Crippen LogP contribution in [0.2, 0.25) is 0 Å². The Balaban J connectivity index is 2.45. The van der Waals surface area contributed by atoms with Crippen LogP contribution in [0.3, 0.4) is 0 Å². The van der Waals surface area contributed by atoms with Crippen LogP contribution in [0.1, 0.15) is 26.7 Å². The predicted octanol–water partition coefficient (Wildman–Crippen LogP) is -0.0819. The third-order valence-electron chi connectivity index (χ3n) is 3.10. The molecule has 0 unspecified atom stereocenters. The lowest BCUT2D eigenvalue weighted by molar-refractivity contribution is 0.0723. The van der Waals surface area contributed by atoms with E-state index in [2.05, 4.69) is 4.72 Å². The molecule has 3 N–H and O–H groups in total. The molecule has 1 fully saturated rings. The first-order valence-electron chi connectivity index (χ1n) is 6.40. The average Bonchev–Trinajstić information content (AvgIpc) is 2.36. The van der Waals surface area contributed by atoms with Crippen LogP contribution in [-0.4, -0.2) is 52.1 Å². The fourth-order valence-electron chi connectivity index (χ4n) is 1.83. The highest BCUT2D eigenvalue weighted by molar-refractivity contribution is 7.87. The molecule has 6 nitrogen and oxygen atoms in total. The maximum Gasteiger partial charge on any atom is 0.279 e. The molecule has 1 aliphatic rings. The highest BCUT2D eigenvalue weighted by atomic mass is 32.2. The van der Waals surface area contributed by atoms with Gasteiger partial charge in [-0.2, -0.15) is 12.7 Å². The zero-order valence-electron chi connectivity index (χ0n) is 11.3. The fourth-order valence-corrected chi connectivity index (χ4v) is 3.22. The summed E-state index contributed by atoms with van der Waals surface area (Å²) in [6.45, 7) is 6.97. The molecule has 1 aliphatic heterocycles. The van der Waals surface area contributed by atoms with Crippen molar-refractivity contribution in [2.75, 3.05) is 39.4 Å². The van der Waals surface area contributed by atoms with Gasteiger partial charge in [-0.1, -0.05) is 13.8 Å². The summed E-state index contributed by atoms with van der Waals surface area (Å²) in [7, 11) is -3.37. The minimum atomic E-state index is -3.37. The Kier molecular flexibility index (Phi) is 6.00. The third-order valence-corrected chi connectivity index (χ3v) is 4.65. The van der Waals surface area contributed by atoms with Gasteiger partial charge in [-0.25, -0.2) is 4.72 Å². The topological polar surface area (TPSA) is 84.7 Å². The number of rotatable bonds is 7. The van der Waals surface area contributed by atoms with Crippen LogP contribution >= 0.6 is 0 Å². The van der Waals surface area contributed by atoms with Gasteiger partial charge in [0, 0.05) is 19.6 Å². The third kappa shape index (κ3) is 5.19. The molecule has 0 saturated carbocycles. The van der Waals surface area contributed by atoms with Gasteiger partial charge >= 0.3 is 0 Å². The largest absolute Gasteiger partial charge is 0.379 e. The van der Waals surface area contributed by atoms with Gasteiger partial charge in [0.2, 0.25) is 0 Å². The number of ether oxygens (including phenoxy) is 1. The first-order valence-corrected chi connectivity index (χ1v) is 7.84. The molecule has 0 bridgehead atoms. The molecule has 0 amide bonds. The van der Waals surface area contributed by atoms with Crippen molar-refractivity contribution < 1.29 is 13.2 Å². The van der Waals surface area contributed by atoms with Crippen molar-refractivity contribution in [3.05, 3.63) is 0 Å². The van der Waals surface area contributed by atoms with Crippen molar-refractivity contribution in [1.29, 1.82) is 0 Å². The predicted molar refractivity (Wildman–Crippen MR) is 71.4 cm³/mol. The number of nitrogens with one attached hydrogen (secondary N) is 1. The molecular formula is C11H25N3O3S. The van der Waals surface area contributed by atoms with Crippen LogP contribution in [0.4, 0.5) is 0 Å². The smallest absolute Gasteiger partial charge is 0.279 e. The van der Waals surface area contributed by atoms with Gasteiger partial charge in [-0.05, 0) is 24.8 Å². The van der Waals surface area contributed by atoms with Crippen molar-refractivity contribution in [3.63, 3.8) is 0 Å².